The fraction of sp³-hybridized carbons (Fsp3) is 0.652. The first kappa shape index (κ1) is 21.2. The molecule has 162 valence electrons. The van der Waals surface area contributed by atoms with Crippen LogP contribution in [0.25, 0.3) is 0 Å². The van der Waals surface area contributed by atoms with Gasteiger partial charge >= 0.3 is 0 Å². The number of nitrogens with zero attached hydrogens (tertiary/aromatic N) is 2. The van der Waals surface area contributed by atoms with Crippen LogP contribution >= 0.6 is 0 Å². The maximum atomic E-state index is 14.8. The number of likely N-dealkylation sites (tertiary alicyclic amines) is 1. The van der Waals surface area contributed by atoms with Crippen molar-refractivity contribution in [2.24, 2.45) is 5.92 Å². The minimum absolute atomic E-state index is 0.132. The van der Waals surface area contributed by atoms with Gasteiger partial charge in [-0.3, -0.25) is 4.79 Å². The molecule has 5 atom stereocenters. The number of halogens is 1. The van der Waals surface area contributed by atoms with Crippen LogP contribution in [0.5, 0.6) is 0 Å². The molecular weight excluding hydrogens is 383 g/mol. The van der Waals surface area contributed by atoms with Crippen LogP contribution < -0.4 is 10.6 Å². The zero-order valence-electron chi connectivity index (χ0n) is 17.6. The highest BCUT2D eigenvalue weighted by Crippen LogP contribution is 2.35. The third-order valence-corrected chi connectivity index (χ3v) is 6.97. The van der Waals surface area contributed by atoms with E-state index in [-0.39, 0.29) is 24.2 Å². The van der Waals surface area contributed by atoms with E-state index in [1.165, 1.54) is 0 Å². The Morgan fingerprint density at radius 1 is 1.43 bits per heavy atom. The summed E-state index contributed by atoms with van der Waals surface area (Å²) in [5.41, 5.74) is 1.47. The largest absolute Gasteiger partial charge is 0.383 e. The lowest BCUT2D eigenvalue weighted by atomic mass is 9.95. The maximum Gasteiger partial charge on any atom is 0.238 e. The Balaban J connectivity index is 1.33. The highest BCUT2D eigenvalue weighted by atomic mass is 19.1. The van der Waals surface area contributed by atoms with E-state index < -0.39 is 6.04 Å². The van der Waals surface area contributed by atoms with Gasteiger partial charge in [0.05, 0.1) is 18.7 Å². The quantitative estimate of drug-likeness (QED) is 0.680. The summed E-state index contributed by atoms with van der Waals surface area (Å²) in [7, 11) is 1.70. The van der Waals surface area contributed by atoms with Gasteiger partial charge in [0.25, 0.3) is 0 Å². The Morgan fingerprint density at radius 2 is 2.30 bits per heavy atom. The highest BCUT2D eigenvalue weighted by Gasteiger charge is 2.43. The lowest BCUT2D eigenvalue weighted by Crippen LogP contribution is -2.50. The van der Waals surface area contributed by atoms with Gasteiger partial charge in [0.1, 0.15) is 11.9 Å². The molecule has 1 aromatic rings. The molecule has 7 heteroatoms. The van der Waals surface area contributed by atoms with Gasteiger partial charge in [0.2, 0.25) is 5.91 Å². The van der Waals surface area contributed by atoms with Gasteiger partial charge in [-0.2, -0.15) is 5.26 Å². The first-order valence-electron chi connectivity index (χ1n) is 11.0. The average Bonchev–Trinajstić information content (AvgIpc) is 3.50. The summed E-state index contributed by atoms with van der Waals surface area (Å²) in [5.74, 6) is 0.254. The van der Waals surface area contributed by atoms with Crippen molar-refractivity contribution in [1.82, 2.24) is 15.5 Å². The Kier molecular flexibility index (Phi) is 6.67. The molecule has 4 unspecified atom stereocenters. The van der Waals surface area contributed by atoms with Crippen molar-refractivity contribution >= 4 is 5.91 Å². The summed E-state index contributed by atoms with van der Waals surface area (Å²) < 4.78 is 19.9. The molecule has 3 fully saturated rings. The zero-order valence-corrected chi connectivity index (χ0v) is 17.6. The summed E-state index contributed by atoms with van der Waals surface area (Å²) >= 11 is 0. The molecule has 0 aromatic heterocycles. The molecule has 1 saturated carbocycles. The summed E-state index contributed by atoms with van der Waals surface area (Å²) in [6.07, 6.45) is 4.41. The van der Waals surface area contributed by atoms with Crippen LogP contribution in [-0.4, -0.2) is 62.3 Å². The van der Waals surface area contributed by atoms with Crippen molar-refractivity contribution in [3.05, 3.63) is 35.1 Å². The maximum absolute atomic E-state index is 14.8. The number of hydrogen-bond acceptors (Lipinski definition) is 5. The standard InChI is InChI=1S/C23H31FN4O2/c1-30-9-8-28-7-6-18(14-28)15-2-3-16(21(24)12-15)10-20(13-25)27-23(29)22-17-4-5-19(11-17)26-22/h2-3,12,17-20,22,26H,4-11,14H2,1H3,(H,27,29)/t17?,18?,19?,20-,22?/m0/s1. The van der Waals surface area contributed by atoms with Crippen molar-refractivity contribution in [3.63, 3.8) is 0 Å². The summed E-state index contributed by atoms with van der Waals surface area (Å²) in [5, 5.41) is 15.7. The number of hydrogen-bond donors (Lipinski definition) is 2. The Labute approximate surface area is 177 Å². The van der Waals surface area contributed by atoms with Crippen molar-refractivity contribution in [3.8, 4) is 6.07 Å². The van der Waals surface area contributed by atoms with Gasteiger partial charge in [-0.1, -0.05) is 12.1 Å². The van der Waals surface area contributed by atoms with Crippen molar-refractivity contribution in [2.45, 2.75) is 56.1 Å². The number of carbonyl (C=O) groups is 1. The predicted molar refractivity (Wildman–Crippen MR) is 111 cm³/mol. The number of rotatable bonds is 8. The van der Waals surface area contributed by atoms with Crippen LogP contribution in [-0.2, 0) is 16.0 Å². The number of ether oxygens (including phenoxy) is 1. The Morgan fingerprint density at radius 3 is 2.97 bits per heavy atom. The smallest absolute Gasteiger partial charge is 0.238 e. The van der Waals surface area contributed by atoms with Gasteiger partial charge in [-0.15, -0.1) is 0 Å². The van der Waals surface area contributed by atoms with Crippen LogP contribution in [0.1, 0.15) is 42.7 Å². The number of fused-ring (bicyclic) bond motifs is 2. The molecule has 0 radical (unpaired) electrons. The molecule has 30 heavy (non-hydrogen) atoms. The molecule has 1 aliphatic carbocycles. The molecule has 3 aliphatic rings. The fourth-order valence-corrected chi connectivity index (χ4v) is 5.27. The van der Waals surface area contributed by atoms with Gasteiger partial charge in [0, 0.05) is 32.7 Å². The van der Waals surface area contributed by atoms with Crippen molar-refractivity contribution in [2.75, 3.05) is 33.4 Å². The molecule has 2 saturated heterocycles. The van der Waals surface area contributed by atoms with E-state index in [2.05, 4.69) is 21.6 Å². The monoisotopic (exact) mass is 414 g/mol. The highest BCUT2D eigenvalue weighted by molar-refractivity contribution is 5.83. The lowest BCUT2D eigenvalue weighted by Gasteiger charge is -2.23. The Hall–Kier alpha value is -2.01. The second-order valence-corrected chi connectivity index (χ2v) is 8.94. The minimum atomic E-state index is -0.727. The minimum Gasteiger partial charge on any atom is -0.383 e. The van der Waals surface area contributed by atoms with E-state index >= 15 is 0 Å². The van der Waals surface area contributed by atoms with Gasteiger partial charge in [0.15, 0.2) is 0 Å². The van der Waals surface area contributed by atoms with E-state index in [0.717, 1.165) is 50.9 Å². The molecule has 2 N–H and O–H groups in total. The second kappa shape index (κ2) is 9.42. The normalized spacial score (nSPS) is 29.1. The van der Waals surface area contributed by atoms with Crippen molar-refractivity contribution < 1.29 is 13.9 Å². The van der Waals surface area contributed by atoms with Crippen molar-refractivity contribution in [1.29, 1.82) is 5.26 Å². The predicted octanol–water partition coefficient (Wildman–Crippen LogP) is 1.95. The first-order valence-corrected chi connectivity index (χ1v) is 11.0. The number of methoxy groups -OCH3 is 1. The topological polar surface area (TPSA) is 77.4 Å². The van der Waals surface area contributed by atoms with Crippen LogP contribution in [0.3, 0.4) is 0 Å². The number of piperidine rings is 1. The average molecular weight is 415 g/mol. The van der Waals surface area contributed by atoms with Gasteiger partial charge in [-0.25, -0.2) is 4.39 Å². The van der Waals surface area contributed by atoms with Crippen LogP contribution in [0.15, 0.2) is 18.2 Å². The van der Waals surface area contributed by atoms with E-state index in [9.17, 15) is 14.4 Å². The van der Waals surface area contributed by atoms with E-state index in [1.807, 2.05) is 6.07 Å². The summed E-state index contributed by atoms with van der Waals surface area (Å²) in [6, 6.07) is 6.96. The molecular formula is C23H31FN4O2. The van der Waals surface area contributed by atoms with E-state index in [4.69, 9.17) is 4.74 Å². The molecule has 2 aliphatic heterocycles. The number of amides is 1. The molecule has 2 heterocycles. The van der Waals surface area contributed by atoms with Gasteiger partial charge < -0.3 is 20.3 Å². The molecule has 1 amide bonds. The third kappa shape index (κ3) is 4.66. The number of carbonyl (C=O) groups excluding carboxylic acids is 1. The molecule has 1 aromatic carbocycles. The second-order valence-electron chi connectivity index (χ2n) is 8.94. The molecule has 0 spiro atoms. The van der Waals surface area contributed by atoms with E-state index in [0.29, 0.717) is 30.0 Å². The van der Waals surface area contributed by atoms with Gasteiger partial charge in [-0.05, 0) is 61.3 Å². The molecule has 2 bridgehead atoms. The zero-order chi connectivity index (χ0) is 21.1. The molecule has 4 rings (SSSR count). The molecule has 6 nitrogen and oxygen atoms in total. The van der Waals surface area contributed by atoms with Crippen LogP contribution in [0.4, 0.5) is 4.39 Å². The third-order valence-electron chi connectivity index (χ3n) is 6.97. The Bertz CT molecular complexity index is 811. The SMILES string of the molecule is COCCN1CCC(c2ccc(C[C@@H](C#N)NC(=O)C3NC4CCC3C4)c(F)c2)C1. The summed E-state index contributed by atoms with van der Waals surface area (Å²) in [4.78, 5) is 14.9. The van der Waals surface area contributed by atoms with Crippen LogP contribution in [0.2, 0.25) is 0 Å². The number of nitriles is 1. The van der Waals surface area contributed by atoms with E-state index in [1.54, 1.807) is 19.2 Å². The fourth-order valence-electron chi connectivity index (χ4n) is 5.27. The lowest BCUT2D eigenvalue weighted by molar-refractivity contribution is -0.124. The first-order chi connectivity index (χ1) is 14.6. The number of nitrogens with one attached hydrogen (secondary N) is 2. The van der Waals surface area contributed by atoms with Crippen LogP contribution in [0, 0.1) is 23.1 Å². The number of benzene rings is 1. The summed E-state index contributed by atoms with van der Waals surface area (Å²) in [6.45, 7) is 3.51.